The van der Waals surface area contributed by atoms with Gasteiger partial charge in [0.1, 0.15) is 0 Å². The van der Waals surface area contributed by atoms with Crippen molar-refractivity contribution >= 4 is 38.7 Å². The van der Waals surface area contributed by atoms with Gasteiger partial charge in [0.05, 0.1) is 16.7 Å². The number of carbonyl (C=O) groups is 1. The first-order chi connectivity index (χ1) is 14.5. The van der Waals surface area contributed by atoms with E-state index in [4.69, 9.17) is 5.73 Å². The van der Waals surface area contributed by atoms with E-state index in [0.717, 1.165) is 33.3 Å². The van der Waals surface area contributed by atoms with Crippen LogP contribution in [0.2, 0.25) is 0 Å². The second kappa shape index (κ2) is 8.26. The van der Waals surface area contributed by atoms with Crippen LogP contribution in [0.25, 0.3) is 21.3 Å². The number of amides is 1. The van der Waals surface area contributed by atoms with E-state index in [-0.39, 0.29) is 5.92 Å². The van der Waals surface area contributed by atoms with Crippen molar-refractivity contribution in [3.8, 4) is 10.4 Å². The fourth-order valence-corrected chi connectivity index (χ4v) is 6.77. The molecule has 0 unspecified atom stereocenters. The highest BCUT2D eigenvalue weighted by Gasteiger charge is 2.27. The number of aliphatic hydroxyl groups is 1. The lowest BCUT2D eigenvalue weighted by molar-refractivity contribution is 0.0716. The summed E-state index contributed by atoms with van der Waals surface area (Å²) in [7, 11) is -2.45. The second-order valence-electron chi connectivity index (χ2n) is 9.12. The summed E-state index contributed by atoms with van der Waals surface area (Å²) in [6, 6.07) is 8.07. The predicted octanol–water partition coefficient (Wildman–Crippen LogP) is 5.33. The fourth-order valence-electron chi connectivity index (χ4n) is 4.24. The molecule has 1 saturated heterocycles. The average molecular weight is 463 g/mol. The molecule has 31 heavy (non-hydrogen) atoms. The number of carbonyl (C=O) groups excluding carboxylic acids is 1. The highest BCUT2D eigenvalue weighted by Crippen LogP contribution is 2.49. The normalized spacial score (nSPS) is 18.4. The van der Waals surface area contributed by atoms with Crippen LogP contribution >= 0.6 is 21.9 Å². The number of aryl methyl sites for hydroxylation is 1. The van der Waals surface area contributed by atoms with E-state index in [0.29, 0.717) is 36.3 Å². The van der Waals surface area contributed by atoms with Crippen LogP contribution < -0.4 is 5.73 Å². The molecule has 3 heterocycles. The first-order valence-electron chi connectivity index (χ1n) is 10.5. The molecule has 2 aromatic heterocycles. The van der Waals surface area contributed by atoms with Gasteiger partial charge >= 0.3 is 0 Å². The third-order valence-corrected chi connectivity index (χ3v) is 9.02. The number of benzene rings is 1. The number of rotatable bonds is 6. The maximum Gasteiger partial charge on any atom is 0.250 e. The van der Waals surface area contributed by atoms with Gasteiger partial charge in [-0.25, -0.2) is 0 Å². The van der Waals surface area contributed by atoms with E-state index in [2.05, 4.69) is 23.2 Å². The molecule has 4 rings (SSSR count). The molecule has 8 heteroatoms. The number of fused-ring (bicyclic) bond motifs is 1. The first kappa shape index (κ1) is 22.4. The quantitative estimate of drug-likeness (QED) is 0.340. The maximum atomic E-state index is 12.2. The molecule has 6 N–H and O–H groups in total. The van der Waals surface area contributed by atoms with Crippen LogP contribution in [0.5, 0.6) is 0 Å². The Bertz CT molecular complexity index is 1100. The minimum Gasteiger partial charge on any atom is -0.390 e. The highest BCUT2D eigenvalue weighted by atomic mass is 32.3. The number of nitrogens with two attached hydrogens (primary N) is 1. The molecule has 0 aliphatic carbocycles. The van der Waals surface area contributed by atoms with Crippen LogP contribution in [0.15, 0.2) is 30.5 Å². The van der Waals surface area contributed by atoms with E-state index < -0.39 is 22.1 Å². The van der Waals surface area contributed by atoms with Gasteiger partial charge in [0, 0.05) is 32.8 Å². The molecule has 1 aliphatic rings. The number of primary amides is 1. The number of nitrogens with one attached hydrogen (secondary N) is 1. The predicted molar refractivity (Wildman–Crippen MR) is 129 cm³/mol. The number of hydrogen-bond acceptors (Lipinski definition) is 5. The molecule has 0 atom stereocenters. The van der Waals surface area contributed by atoms with Crippen molar-refractivity contribution in [1.29, 1.82) is 0 Å². The van der Waals surface area contributed by atoms with Crippen LogP contribution in [0.4, 0.5) is 0 Å². The number of thiophene rings is 1. The van der Waals surface area contributed by atoms with Crippen LogP contribution in [-0.4, -0.2) is 42.2 Å². The van der Waals surface area contributed by atoms with E-state index >= 15 is 0 Å². The van der Waals surface area contributed by atoms with Crippen molar-refractivity contribution in [3.63, 3.8) is 0 Å². The van der Waals surface area contributed by atoms with Gasteiger partial charge in [-0.15, -0.1) is 11.3 Å². The van der Waals surface area contributed by atoms with Gasteiger partial charge in [0.2, 0.25) is 0 Å². The Kier molecular flexibility index (Phi) is 5.95. The summed E-state index contributed by atoms with van der Waals surface area (Å²) in [5.41, 5.74) is 8.25. The lowest BCUT2D eigenvalue weighted by Crippen LogP contribution is -2.19. The Morgan fingerprint density at radius 1 is 1.26 bits per heavy atom. The molecule has 0 bridgehead atoms. The highest BCUT2D eigenvalue weighted by molar-refractivity contribution is 8.24. The number of H-pyrrole nitrogens is 1. The van der Waals surface area contributed by atoms with Crippen LogP contribution in [0, 0.1) is 0 Å². The standard InChI is InChI=1S/C23H30N2O4S2/c1-23(2,27)8-5-16-3-4-20(30-16)15-11-17-19(14-6-9-31(28,29)10-7-14)13-25-21(17)18(12-15)22(24)26/h3-4,11-14,25,27-29H,5-10H2,1-2H3,(H2,24,26). The average Bonchev–Trinajstić information content (AvgIpc) is 3.32. The monoisotopic (exact) mass is 462 g/mol. The smallest absolute Gasteiger partial charge is 0.250 e. The minimum absolute atomic E-state index is 0.218. The summed E-state index contributed by atoms with van der Waals surface area (Å²) in [5.74, 6) is 0.580. The maximum absolute atomic E-state index is 12.2. The Balaban J connectivity index is 1.70. The third kappa shape index (κ3) is 4.99. The van der Waals surface area contributed by atoms with Gasteiger partial charge in [-0.05, 0) is 80.8 Å². The molecule has 1 aromatic carbocycles. The summed E-state index contributed by atoms with van der Waals surface area (Å²) in [5, 5.41) is 11.0. The molecule has 6 nitrogen and oxygen atoms in total. The van der Waals surface area contributed by atoms with E-state index in [9.17, 15) is 19.0 Å². The number of aromatic amines is 1. The molecule has 0 saturated carbocycles. The van der Waals surface area contributed by atoms with Gasteiger partial charge in [0.15, 0.2) is 0 Å². The van der Waals surface area contributed by atoms with Gasteiger partial charge < -0.3 is 15.8 Å². The molecule has 1 fully saturated rings. The zero-order valence-electron chi connectivity index (χ0n) is 17.9. The molecule has 168 valence electrons. The molecular formula is C23H30N2O4S2. The van der Waals surface area contributed by atoms with Gasteiger partial charge in [0.25, 0.3) is 5.91 Å². The third-order valence-electron chi connectivity index (χ3n) is 6.04. The van der Waals surface area contributed by atoms with Crippen molar-refractivity contribution in [2.24, 2.45) is 5.73 Å². The van der Waals surface area contributed by atoms with Gasteiger partial charge in [-0.1, -0.05) is 0 Å². The molecular weight excluding hydrogens is 432 g/mol. The van der Waals surface area contributed by atoms with E-state index in [1.165, 1.54) is 4.88 Å². The summed E-state index contributed by atoms with van der Waals surface area (Å²) in [4.78, 5) is 17.7. The molecule has 1 aliphatic heterocycles. The van der Waals surface area contributed by atoms with Gasteiger partial charge in [-0.2, -0.15) is 10.6 Å². The summed E-state index contributed by atoms with van der Waals surface area (Å²) < 4.78 is 19.9. The van der Waals surface area contributed by atoms with Crippen LogP contribution in [0.3, 0.4) is 0 Å². The zero-order chi connectivity index (χ0) is 22.4. The van der Waals surface area contributed by atoms with E-state index in [1.54, 1.807) is 11.3 Å². The number of hydrogen-bond donors (Lipinski definition) is 5. The summed E-state index contributed by atoms with van der Waals surface area (Å²) >= 11 is 1.66. The summed E-state index contributed by atoms with van der Waals surface area (Å²) in [6.45, 7) is 3.62. The Morgan fingerprint density at radius 2 is 1.97 bits per heavy atom. The zero-order valence-corrected chi connectivity index (χ0v) is 19.5. The molecule has 0 radical (unpaired) electrons. The van der Waals surface area contributed by atoms with Crippen molar-refractivity contribution in [2.75, 3.05) is 11.5 Å². The largest absolute Gasteiger partial charge is 0.390 e. The van der Waals surface area contributed by atoms with Crippen molar-refractivity contribution in [1.82, 2.24) is 4.98 Å². The SMILES string of the molecule is CC(C)(O)CCc1ccc(-c2cc(C(N)=O)c3[nH]cc(C4CCS(O)(O)CC4)c3c2)s1. The lowest BCUT2D eigenvalue weighted by Gasteiger charge is -2.39. The van der Waals surface area contributed by atoms with Crippen molar-refractivity contribution < 1.29 is 19.0 Å². The molecule has 1 amide bonds. The topological polar surface area (TPSA) is 120 Å². The van der Waals surface area contributed by atoms with Crippen molar-refractivity contribution in [2.45, 2.75) is 51.0 Å². The fraction of sp³-hybridized carbons (Fsp3) is 0.435. The molecule has 3 aromatic rings. The lowest BCUT2D eigenvalue weighted by atomic mass is 9.91. The Morgan fingerprint density at radius 3 is 2.61 bits per heavy atom. The Labute approximate surface area is 187 Å². The minimum atomic E-state index is -2.45. The second-order valence-corrected chi connectivity index (χ2v) is 12.7. The Hall–Kier alpha value is -1.84. The van der Waals surface area contributed by atoms with Gasteiger partial charge in [-0.3, -0.25) is 13.9 Å². The summed E-state index contributed by atoms with van der Waals surface area (Å²) in [6.07, 6.45) is 4.84. The van der Waals surface area contributed by atoms with Crippen LogP contribution in [0.1, 0.15) is 59.8 Å². The molecule has 0 spiro atoms. The van der Waals surface area contributed by atoms with Crippen LogP contribution in [-0.2, 0) is 6.42 Å². The van der Waals surface area contributed by atoms with E-state index in [1.807, 2.05) is 26.1 Å². The number of aromatic nitrogens is 1. The first-order valence-corrected chi connectivity index (χ1v) is 13.2. The van der Waals surface area contributed by atoms with Crippen molar-refractivity contribution in [3.05, 3.63) is 46.5 Å².